The second-order valence-corrected chi connectivity index (χ2v) is 3.67. The van der Waals surface area contributed by atoms with Gasteiger partial charge in [0.1, 0.15) is 0 Å². The maximum Gasteiger partial charge on any atom is 0.0969 e. The Balaban J connectivity index is 0. The van der Waals surface area contributed by atoms with Crippen molar-refractivity contribution in [3.63, 3.8) is 0 Å². The van der Waals surface area contributed by atoms with Crippen molar-refractivity contribution in [3.8, 4) is 0 Å². The van der Waals surface area contributed by atoms with Gasteiger partial charge in [0, 0.05) is 0 Å². The van der Waals surface area contributed by atoms with Gasteiger partial charge in [-0.1, -0.05) is 7.43 Å². The minimum absolute atomic E-state index is 0. The first-order valence-electron chi connectivity index (χ1n) is 1.22. The molecule has 0 unspecified atom stereocenters. The molecule has 0 aromatic rings. The molecule has 0 amide bonds. The zero-order valence-corrected chi connectivity index (χ0v) is 4.22. The normalized spacial score (nSPS) is 7.20. The molecule has 0 saturated carbocycles. The Morgan fingerprint density at radius 1 is 1.00 bits per heavy atom. The molecule has 0 aliphatic rings. The zero-order valence-electron chi connectivity index (χ0n) is 3.41. The van der Waals surface area contributed by atoms with Gasteiger partial charge in [-0.25, -0.2) is 0 Å². The highest BCUT2D eigenvalue weighted by Crippen LogP contribution is 1.63. The predicted octanol–water partition coefficient (Wildman–Crippen LogP) is 1.13. The van der Waals surface area contributed by atoms with Gasteiger partial charge in [-0.2, -0.15) is 0 Å². The average molecular weight is 93.2 g/mol. The molecule has 0 rings (SSSR count). The van der Waals surface area contributed by atoms with Crippen molar-refractivity contribution in [1.29, 1.82) is 0 Å². The Morgan fingerprint density at radius 3 is 1.00 bits per heavy atom. The summed E-state index contributed by atoms with van der Waals surface area (Å²) in [5, 5.41) is 0. The van der Waals surface area contributed by atoms with Crippen LogP contribution >= 0.6 is 0 Å². The van der Waals surface area contributed by atoms with E-state index in [1.54, 1.807) is 0 Å². The van der Waals surface area contributed by atoms with Crippen LogP contribution in [-0.2, 0) is 10.9 Å². The van der Waals surface area contributed by atoms with Crippen molar-refractivity contribution in [2.45, 2.75) is 7.43 Å². The van der Waals surface area contributed by atoms with Gasteiger partial charge in [-0.3, -0.25) is 0 Å². The van der Waals surface area contributed by atoms with Crippen molar-refractivity contribution in [2.75, 3.05) is 18.8 Å². The van der Waals surface area contributed by atoms with Gasteiger partial charge in [0.15, 0.2) is 0 Å². The summed E-state index contributed by atoms with van der Waals surface area (Å²) in [7, 11) is 0.639. The first kappa shape index (κ1) is 9.02. The molecular weight excluding hydrogens is 80.1 g/mol. The fraction of sp³-hybridized carbons (Fsp3) is 1.00. The molecule has 0 atom stereocenters. The summed E-state index contributed by atoms with van der Waals surface area (Å²) in [6.07, 6.45) is 6.58. The highest BCUT2D eigenvalue weighted by atomic mass is 32.2. The number of hydrogen-bond donors (Lipinski definition) is 0. The van der Waals surface area contributed by atoms with Crippen molar-refractivity contribution < 1.29 is 0 Å². The summed E-state index contributed by atoms with van der Waals surface area (Å²) in [5.41, 5.74) is 0. The van der Waals surface area contributed by atoms with Crippen LogP contribution in [-0.4, -0.2) is 18.8 Å². The van der Waals surface area contributed by atoms with E-state index in [2.05, 4.69) is 18.8 Å². The van der Waals surface area contributed by atoms with Gasteiger partial charge in [-0.15, -0.1) is 0 Å². The van der Waals surface area contributed by atoms with Crippen LogP contribution < -0.4 is 0 Å². The van der Waals surface area contributed by atoms with E-state index < -0.39 is 0 Å². The van der Waals surface area contributed by atoms with Gasteiger partial charge >= 0.3 is 0 Å². The van der Waals surface area contributed by atoms with E-state index in [0.29, 0.717) is 10.9 Å². The van der Waals surface area contributed by atoms with Crippen molar-refractivity contribution in [2.24, 2.45) is 0 Å². The lowest BCUT2D eigenvalue weighted by molar-refractivity contribution is 2.18. The summed E-state index contributed by atoms with van der Waals surface area (Å²) < 4.78 is 0. The molecule has 0 N–H and O–H groups in total. The zero-order chi connectivity index (χ0) is 3.58. The van der Waals surface area contributed by atoms with E-state index in [9.17, 15) is 0 Å². The van der Waals surface area contributed by atoms with Crippen LogP contribution in [0.15, 0.2) is 0 Å². The second kappa shape index (κ2) is 4.35. The van der Waals surface area contributed by atoms with E-state index in [1.165, 1.54) is 0 Å². The first-order chi connectivity index (χ1) is 1.73. The molecule has 0 fully saturated rings. The van der Waals surface area contributed by atoms with Gasteiger partial charge in [0.25, 0.3) is 0 Å². The summed E-state index contributed by atoms with van der Waals surface area (Å²) in [4.78, 5) is 0. The molecule has 1 heteroatoms. The Labute approximate surface area is 37.9 Å². The highest BCUT2D eigenvalue weighted by molar-refractivity contribution is 7.94. The smallest absolute Gasteiger partial charge is 0.0776 e. The molecule has 0 aromatic heterocycles. The molecule has 0 bridgehead atoms. The van der Waals surface area contributed by atoms with Gasteiger partial charge in [-0.05, 0) is 10.9 Å². The van der Waals surface area contributed by atoms with Gasteiger partial charge in [0.05, 0.1) is 18.8 Å². The largest absolute Gasteiger partial charge is 0.0969 e. The molecule has 0 nitrogen and oxygen atoms in total. The molecule has 34 valence electrons. The summed E-state index contributed by atoms with van der Waals surface area (Å²) in [6.45, 7) is 0. The van der Waals surface area contributed by atoms with E-state index in [0.717, 1.165) is 0 Å². The van der Waals surface area contributed by atoms with Crippen LogP contribution in [0.4, 0.5) is 0 Å². The lowest BCUT2D eigenvalue weighted by atomic mass is 11.9. The minimum Gasteiger partial charge on any atom is -0.0776 e. The maximum atomic E-state index is 2.19. The van der Waals surface area contributed by atoms with Crippen LogP contribution in [0.1, 0.15) is 7.43 Å². The van der Waals surface area contributed by atoms with Crippen molar-refractivity contribution in [3.05, 3.63) is 0 Å². The Hall–Kier alpha value is 0.350. The third-order valence-electron chi connectivity index (χ3n) is 0. The predicted molar refractivity (Wildman–Crippen MR) is 31.9 cm³/mol. The third kappa shape index (κ3) is 196. The van der Waals surface area contributed by atoms with Crippen LogP contribution in [0.5, 0.6) is 0 Å². The molecule has 0 saturated heterocycles. The molecule has 0 aromatic carbocycles. The maximum absolute atomic E-state index is 2.19. The summed E-state index contributed by atoms with van der Waals surface area (Å²) in [5.74, 6) is 0. The molecular formula is C4H13S+. The average Bonchev–Trinajstić information content (AvgIpc) is 0.811. The van der Waals surface area contributed by atoms with Crippen LogP contribution in [0.3, 0.4) is 0 Å². The van der Waals surface area contributed by atoms with Crippen LogP contribution in [0.25, 0.3) is 0 Å². The first-order valence-corrected chi connectivity index (χ1v) is 3.67. The fourth-order valence-corrected chi connectivity index (χ4v) is 0. The quantitative estimate of drug-likeness (QED) is 0.394. The van der Waals surface area contributed by atoms with Gasteiger partial charge < -0.3 is 0 Å². The van der Waals surface area contributed by atoms with Crippen molar-refractivity contribution in [1.82, 2.24) is 0 Å². The third-order valence-corrected chi connectivity index (χ3v) is 0. The van der Waals surface area contributed by atoms with Crippen LogP contribution in [0.2, 0.25) is 0 Å². The number of rotatable bonds is 0. The topological polar surface area (TPSA) is 0 Å². The van der Waals surface area contributed by atoms with E-state index in [4.69, 9.17) is 0 Å². The fourth-order valence-electron chi connectivity index (χ4n) is 0. The summed E-state index contributed by atoms with van der Waals surface area (Å²) >= 11 is 0. The molecule has 0 aliphatic carbocycles. The van der Waals surface area contributed by atoms with E-state index in [1.807, 2.05) is 0 Å². The van der Waals surface area contributed by atoms with E-state index >= 15 is 0 Å². The summed E-state index contributed by atoms with van der Waals surface area (Å²) in [6, 6.07) is 0. The monoisotopic (exact) mass is 93.1 g/mol. The SMILES string of the molecule is C.C[S+](C)C. The number of hydrogen-bond acceptors (Lipinski definition) is 0. The Kier molecular flexibility index (Phi) is 7.85. The lowest BCUT2D eigenvalue weighted by Crippen LogP contribution is -1.84. The highest BCUT2D eigenvalue weighted by Gasteiger charge is 1.77. The molecule has 0 radical (unpaired) electrons. The van der Waals surface area contributed by atoms with Gasteiger partial charge in [0.2, 0.25) is 0 Å². The van der Waals surface area contributed by atoms with Crippen LogP contribution in [0, 0.1) is 0 Å². The minimum atomic E-state index is 0. The van der Waals surface area contributed by atoms with E-state index in [-0.39, 0.29) is 7.43 Å². The standard InChI is InChI=1S/C3H9S.CH4/c1-4(2)3;/h1-3H3;1H4/q+1;. The Morgan fingerprint density at radius 2 is 1.00 bits per heavy atom. The second-order valence-electron chi connectivity index (χ2n) is 1.22. The molecule has 0 spiro atoms. The molecule has 0 heterocycles. The molecule has 5 heavy (non-hydrogen) atoms. The Bertz CT molecular complexity index is 8.36. The van der Waals surface area contributed by atoms with Crippen molar-refractivity contribution >= 4 is 10.9 Å². The lowest BCUT2D eigenvalue weighted by Gasteiger charge is -1.69. The molecule has 0 aliphatic heterocycles.